The van der Waals surface area contributed by atoms with Gasteiger partial charge in [-0.2, -0.15) is 0 Å². The summed E-state index contributed by atoms with van der Waals surface area (Å²) in [5.74, 6) is -0.150. The lowest BCUT2D eigenvalue weighted by atomic mass is 10.2. The lowest BCUT2D eigenvalue weighted by Gasteiger charge is -2.06. The van der Waals surface area contributed by atoms with Gasteiger partial charge in [-0.15, -0.1) is 21.5 Å². The smallest absolute Gasteiger partial charge is 0.350 e. The maximum atomic E-state index is 12.0. The first-order valence-corrected chi connectivity index (χ1v) is 9.17. The quantitative estimate of drug-likeness (QED) is 0.271. The van der Waals surface area contributed by atoms with Crippen LogP contribution in [0.1, 0.15) is 34.0 Å². The minimum Gasteiger partial charge on any atom is -0.475 e. The highest BCUT2D eigenvalue weighted by molar-refractivity contribution is 7.20. The number of thiophene rings is 1. The second-order valence-corrected chi connectivity index (χ2v) is 7.15. The van der Waals surface area contributed by atoms with Gasteiger partial charge in [0.25, 0.3) is 0 Å². The zero-order valence-corrected chi connectivity index (χ0v) is 16.6. The average Bonchev–Trinajstić information content (AvgIpc) is 3.41. The maximum absolute atomic E-state index is 12.0. The van der Waals surface area contributed by atoms with Crippen molar-refractivity contribution in [1.29, 1.82) is 0 Å². The first-order chi connectivity index (χ1) is 13.8. The number of hydrogen-bond donors (Lipinski definition) is 0. The Morgan fingerprint density at radius 2 is 2.10 bits per heavy atom. The zero-order chi connectivity index (χ0) is 20.9. The fourth-order valence-electron chi connectivity index (χ4n) is 2.97. The van der Waals surface area contributed by atoms with Crippen molar-refractivity contribution in [2.24, 2.45) is 0 Å². The van der Waals surface area contributed by atoms with Crippen LogP contribution in [0.4, 0.5) is 5.69 Å². The number of nitro groups is 1. The number of methoxy groups -OCH3 is 2. The van der Waals surface area contributed by atoms with E-state index >= 15 is 0 Å². The Morgan fingerprint density at radius 3 is 2.72 bits per heavy atom. The SMILES string of the molecule is COC(=O)c1sc2ncn3nc([C@@H](C)n4cc([N+](=O)[O-])c(OC)n4)nc3c2c1C. The van der Waals surface area contributed by atoms with E-state index in [2.05, 4.69) is 20.2 Å². The molecule has 0 fully saturated rings. The molecule has 1 atom stereocenters. The molecule has 0 aliphatic carbocycles. The third kappa shape index (κ3) is 2.86. The molecule has 0 bridgehead atoms. The van der Waals surface area contributed by atoms with E-state index in [-0.39, 0.29) is 11.6 Å². The van der Waals surface area contributed by atoms with Crippen LogP contribution in [0.2, 0.25) is 0 Å². The highest BCUT2D eigenvalue weighted by Gasteiger charge is 2.26. The molecule has 4 rings (SSSR count). The van der Waals surface area contributed by atoms with Crippen LogP contribution in [-0.2, 0) is 4.74 Å². The maximum Gasteiger partial charge on any atom is 0.350 e. The zero-order valence-electron chi connectivity index (χ0n) is 15.8. The highest BCUT2D eigenvalue weighted by atomic mass is 32.1. The number of fused-ring (bicyclic) bond motifs is 3. The predicted molar refractivity (Wildman–Crippen MR) is 101 cm³/mol. The van der Waals surface area contributed by atoms with Crippen LogP contribution in [0, 0.1) is 17.0 Å². The van der Waals surface area contributed by atoms with Crippen LogP contribution in [-0.4, -0.2) is 54.5 Å². The van der Waals surface area contributed by atoms with Gasteiger partial charge < -0.3 is 9.47 Å². The van der Waals surface area contributed by atoms with E-state index in [0.717, 1.165) is 0 Å². The van der Waals surface area contributed by atoms with E-state index in [4.69, 9.17) is 9.47 Å². The molecular weight excluding hydrogens is 402 g/mol. The van der Waals surface area contributed by atoms with Gasteiger partial charge in [-0.05, 0) is 19.4 Å². The molecule has 0 aromatic carbocycles. The van der Waals surface area contributed by atoms with Crippen molar-refractivity contribution in [2.45, 2.75) is 19.9 Å². The van der Waals surface area contributed by atoms with E-state index in [1.54, 1.807) is 13.8 Å². The van der Waals surface area contributed by atoms with Crippen LogP contribution in [0.3, 0.4) is 0 Å². The van der Waals surface area contributed by atoms with Crippen molar-refractivity contribution in [3.05, 3.63) is 38.9 Å². The first kappa shape index (κ1) is 18.7. The van der Waals surface area contributed by atoms with Gasteiger partial charge >= 0.3 is 17.5 Å². The van der Waals surface area contributed by atoms with Crippen molar-refractivity contribution in [3.8, 4) is 5.88 Å². The topological polar surface area (TPSA) is 140 Å². The van der Waals surface area contributed by atoms with Crippen LogP contribution >= 0.6 is 11.3 Å². The minimum atomic E-state index is -0.567. The summed E-state index contributed by atoms with van der Waals surface area (Å²) in [6.07, 6.45) is 2.78. The molecule has 0 radical (unpaired) electrons. The molecule has 0 N–H and O–H groups in total. The highest BCUT2D eigenvalue weighted by Crippen LogP contribution is 2.33. The van der Waals surface area contributed by atoms with Gasteiger partial charge in [-0.1, -0.05) is 0 Å². The summed E-state index contributed by atoms with van der Waals surface area (Å²) in [5, 5.41) is 20.4. The number of carbonyl (C=O) groups excluding carboxylic acids is 1. The number of nitrogens with zero attached hydrogens (tertiary/aromatic N) is 7. The number of esters is 1. The van der Waals surface area contributed by atoms with E-state index in [1.165, 1.54) is 47.3 Å². The number of hydrogen-bond acceptors (Lipinski definition) is 10. The normalized spacial score (nSPS) is 12.4. The summed E-state index contributed by atoms with van der Waals surface area (Å²) in [6, 6.07) is -0.508. The summed E-state index contributed by atoms with van der Waals surface area (Å²) in [5.41, 5.74) is 0.982. The summed E-state index contributed by atoms with van der Waals surface area (Å²) in [7, 11) is 2.64. The van der Waals surface area contributed by atoms with Gasteiger partial charge in [0.1, 0.15) is 28.3 Å². The average molecular weight is 417 g/mol. The molecule has 0 unspecified atom stereocenters. The molecule has 0 amide bonds. The van der Waals surface area contributed by atoms with Gasteiger partial charge in [-0.25, -0.2) is 19.3 Å². The van der Waals surface area contributed by atoms with E-state index in [9.17, 15) is 14.9 Å². The lowest BCUT2D eigenvalue weighted by Crippen LogP contribution is -2.09. The fraction of sp³-hybridized carbons (Fsp3) is 0.312. The molecular formula is C16H15N7O5S. The molecule has 12 nitrogen and oxygen atoms in total. The van der Waals surface area contributed by atoms with Crippen LogP contribution in [0.25, 0.3) is 15.9 Å². The Balaban J connectivity index is 1.83. The van der Waals surface area contributed by atoms with Crippen molar-refractivity contribution in [2.75, 3.05) is 14.2 Å². The molecule has 0 saturated carbocycles. The lowest BCUT2D eigenvalue weighted by molar-refractivity contribution is -0.385. The van der Waals surface area contributed by atoms with Crippen molar-refractivity contribution < 1.29 is 19.2 Å². The van der Waals surface area contributed by atoms with Crippen molar-refractivity contribution in [3.63, 3.8) is 0 Å². The summed E-state index contributed by atoms with van der Waals surface area (Å²) >= 11 is 1.22. The van der Waals surface area contributed by atoms with Gasteiger partial charge in [0.05, 0.1) is 24.5 Å². The van der Waals surface area contributed by atoms with Gasteiger partial charge in [0.15, 0.2) is 11.5 Å². The summed E-state index contributed by atoms with van der Waals surface area (Å²) in [6.45, 7) is 3.56. The van der Waals surface area contributed by atoms with Crippen LogP contribution in [0.5, 0.6) is 5.88 Å². The third-order valence-corrected chi connectivity index (χ3v) is 5.67. The largest absolute Gasteiger partial charge is 0.475 e. The van der Waals surface area contributed by atoms with Crippen molar-refractivity contribution in [1.82, 2.24) is 29.4 Å². The Hall–Kier alpha value is -3.61. The minimum absolute atomic E-state index is 0.0916. The van der Waals surface area contributed by atoms with Gasteiger partial charge in [0.2, 0.25) is 0 Å². The van der Waals surface area contributed by atoms with Crippen LogP contribution < -0.4 is 4.74 Å². The summed E-state index contributed by atoms with van der Waals surface area (Å²) in [4.78, 5) is 32.6. The molecule has 0 aliphatic heterocycles. The van der Waals surface area contributed by atoms with E-state index < -0.39 is 16.9 Å². The van der Waals surface area contributed by atoms with E-state index in [1.807, 2.05) is 0 Å². The molecule has 29 heavy (non-hydrogen) atoms. The molecule has 150 valence electrons. The molecule has 4 aromatic rings. The molecule has 4 heterocycles. The number of rotatable bonds is 5. The Morgan fingerprint density at radius 1 is 1.34 bits per heavy atom. The second-order valence-electron chi connectivity index (χ2n) is 6.15. The van der Waals surface area contributed by atoms with Gasteiger partial charge in [0, 0.05) is 0 Å². The first-order valence-electron chi connectivity index (χ1n) is 8.36. The fourth-order valence-corrected chi connectivity index (χ4v) is 4.03. The third-order valence-electron chi connectivity index (χ3n) is 4.50. The van der Waals surface area contributed by atoms with Crippen molar-refractivity contribution >= 4 is 38.9 Å². The Bertz CT molecular complexity index is 1270. The number of aryl methyl sites for hydroxylation is 1. The number of ether oxygens (including phenoxy) is 2. The number of carbonyl (C=O) groups is 1. The Labute approximate surface area is 166 Å². The predicted octanol–water partition coefficient (Wildman–Crippen LogP) is 2.16. The molecule has 4 aromatic heterocycles. The van der Waals surface area contributed by atoms with Crippen LogP contribution in [0.15, 0.2) is 12.5 Å². The molecule has 13 heteroatoms. The molecule has 0 spiro atoms. The Kier molecular flexibility index (Phi) is 4.38. The second kappa shape index (κ2) is 6.77. The molecule has 0 aliphatic rings. The summed E-state index contributed by atoms with van der Waals surface area (Å²) < 4.78 is 12.7. The monoisotopic (exact) mass is 417 g/mol. The standard InChI is InChI=1S/C16H15N7O5S/c1-7-10-13-18-12(8(2)21-5-9(23(25)26)14(20-21)27-3)19-22(13)6-17-15(10)29-11(7)16(24)28-4/h5-6,8H,1-4H3/t8-/m1/s1. The number of aromatic nitrogens is 6. The molecule has 0 saturated heterocycles. The van der Waals surface area contributed by atoms with Gasteiger partial charge in [-0.3, -0.25) is 14.8 Å². The van der Waals surface area contributed by atoms with E-state index in [0.29, 0.717) is 32.1 Å².